The third-order valence-corrected chi connectivity index (χ3v) is 2.71. The fourth-order valence-corrected chi connectivity index (χ4v) is 1.98. The molecule has 0 amide bonds. The van der Waals surface area contributed by atoms with Crippen LogP contribution in [0.1, 0.15) is 21.9 Å². The van der Waals surface area contributed by atoms with E-state index in [1.165, 1.54) is 7.11 Å². The zero-order valence-electron chi connectivity index (χ0n) is 10.1. The van der Waals surface area contributed by atoms with Crippen molar-refractivity contribution >= 4 is 5.97 Å². The second kappa shape index (κ2) is 4.45. The molecular weight excluding hydrogens is 216 g/mol. The molecule has 0 aliphatic carbocycles. The molecule has 2 rings (SSSR count). The first-order chi connectivity index (χ1) is 8.15. The van der Waals surface area contributed by atoms with Gasteiger partial charge in [-0.25, -0.2) is 4.79 Å². The maximum absolute atomic E-state index is 11.8. The van der Waals surface area contributed by atoms with Gasteiger partial charge >= 0.3 is 5.97 Å². The lowest BCUT2D eigenvalue weighted by molar-refractivity contribution is 0.0599. The second-order valence-electron chi connectivity index (χ2n) is 3.82. The number of aryl methyl sites for hydroxylation is 2. The predicted octanol–water partition coefficient (Wildman–Crippen LogP) is 3.35. The Morgan fingerprint density at radius 2 is 1.76 bits per heavy atom. The van der Waals surface area contributed by atoms with Crippen LogP contribution in [0.2, 0.25) is 0 Å². The molecular formula is C14H14O3. The van der Waals surface area contributed by atoms with Crippen LogP contribution in [0.4, 0.5) is 0 Å². The molecule has 3 nitrogen and oxygen atoms in total. The van der Waals surface area contributed by atoms with Crippen LogP contribution in [0.5, 0.6) is 0 Å². The average Bonchev–Trinajstić information content (AvgIpc) is 2.64. The van der Waals surface area contributed by atoms with Crippen LogP contribution < -0.4 is 0 Å². The summed E-state index contributed by atoms with van der Waals surface area (Å²) in [5.74, 6) is 0.959. The SMILES string of the molecule is COC(=O)c1c(C)oc(C)c1-c1ccccc1. The summed E-state index contributed by atoms with van der Waals surface area (Å²) in [6.45, 7) is 3.62. The van der Waals surface area contributed by atoms with Crippen LogP contribution in [0, 0.1) is 13.8 Å². The van der Waals surface area contributed by atoms with Gasteiger partial charge in [-0.1, -0.05) is 30.3 Å². The first-order valence-corrected chi connectivity index (χ1v) is 5.39. The summed E-state index contributed by atoms with van der Waals surface area (Å²) < 4.78 is 10.3. The van der Waals surface area contributed by atoms with Gasteiger partial charge in [-0.15, -0.1) is 0 Å². The quantitative estimate of drug-likeness (QED) is 0.743. The van der Waals surface area contributed by atoms with E-state index in [2.05, 4.69) is 0 Å². The molecule has 1 aromatic heterocycles. The standard InChI is InChI=1S/C14H14O3/c1-9-12(11-7-5-4-6-8-11)13(10(2)17-9)14(15)16-3/h4-8H,1-3H3. The maximum Gasteiger partial charge on any atom is 0.342 e. The van der Waals surface area contributed by atoms with Gasteiger partial charge in [-0.05, 0) is 19.4 Å². The lowest BCUT2D eigenvalue weighted by Gasteiger charge is -2.03. The first-order valence-electron chi connectivity index (χ1n) is 5.39. The van der Waals surface area contributed by atoms with E-state index < -0.39 is 0 Å². The number of carbonyl (C=O) groups is 1. The number of hydrogen-bond acceptors (Lipinski definition) is 3. The molecule has 0 N–H and O–H groups in total. The summed E-state index contributed by atoms with van der Waals surface area (Å²) in [6, 6.07) is 9.69. The van der Waals surface area contributed by atoms with Crippen LogP contribution in [-0.4, -0.2) is 13.1 Å². The summed E-state index contributed by atoms with van der Waals surface area (Å²) in [4.78, 5) is 11.8. The van der Waals surface area contributed by atoms with Crippen molar-refractivity contribution in [1.82, 2.24) is 0 Å². The average molecular weight is 230 g/mol. The molecule has 3 heteroatoms. The van der Waals surface area contributed by atoms with Gasteiger partial charge in [0.15, 0.2) is 0 Å². The van der Waals surface area contributed by atoms with Crippen molar-refractivity contribution in [2.75, 3.05) is 7.11 Å². The van der Waals surface area contributed by atoms with Crippen molar-refractivity contribution in [2.24, 2.45) is 0 Å². The van der Waals surface area contributed by atoms with Gasteiger partial charge in [-0.3, -0.25) is 0 Å². The Kier molecular flexibility index (Phi) is 3.00. The summed E-state index contributed by atoms with van der Waals surface area (Å²) >= 11 is 0. The number of hydrogen-bond donors (Lipinski definition) is 0. The molecule has 0 aliphatic heterocycles. The lowest BCUT2D eigenvalue weighted by atomic mass is 10.0. The summed E-state index contributed by atoms with van der Waals surface area (Å²) in [5.41, 5.74) is 2.29. The fourth-order valence-electron chi connectivity index (χ4n) is 1.98. The summed E-state index contributed by atoms with van der Waals surface area (Å²) in [5, 5.41) is 0. The van der Waals surface area contributed by atoms with Crippen molar-refractivity contribution in [3.63, 3.8) is 0 Å². The normalized spacial score (nSPS) is 10.3. The molecule has 2 aromatic rings. The van der Waals surface area contributed by atoms with Crippen LogP contribution in [-0.2, 0) is 4.74 Å². The van der Waals surface area contributed by atoms with Gasteiger partial charge in [0, 0.05) is 5.56 Å². The third-order valence-electron chi connectivity index (χ3n) is 2.71. The number of esters is 1. The first kappa shape index (κ1) is 11.5. The van der Waals surface area contributed by atoms with E-state index in [-0.39, 0.29) is 5.97 Å². The molecule has 1 heterocycles. The smallest absolute Gasteiger partial charge is 0.342 e. The monoisotopic (exact) mass is 230 g/mol. The van der Waals surface area contributed by atoms with Crippen LogP contribution in [0.15, 0.2) is 34.7 Å². The molecule has 0 fully saturated rings. The van der Waals surface area contributed by atoms with Gasteiger partial charge in [0.2, 0.25) is 0 Å². The van der Waals surface area contributed by atoms with Crippen molar-refractivity contribution in [2.45, 2.75) is 13.8 Å². The maximum atomic E-state index is 11.8. The molecule has 0 spiro atoms. The molecule has 0 radical (unpaired) electrons. The van der Waals surface area contributed by atoms with Crippen molar-refractivity contribution in [3.8, 4) is 11.1 Å². The van der Waals surface area contributed by atoms with Gasteiger partial charge < -0.3 is 9.15 Å². The second-order valence-corrected chi connectivity index (χ2v) is 3.82. The highest BCUT2D eigenvalue weighted by Gasteiger charge is 2.22. The van der Waals surface area contributed by atoms with Crippen molar-refractivity contribution < 1.29 is 13.9 Å². The Morgan fingerprint density at radius 1 is 1.12 bits per heavy atom. The molecule has 0 atom stereocenters. The van der Waals surface area contributed by atoms with Crippen LogP contribution >= 0.6 is 0 Å². The minimum Gasteiger partial charge on any atom is -0.465 e. The molecule has 1 aromatic carbocycles. The lowest BCUT2D eigenvalue weighted by Crippen LogP contribution is -2.03. The fraction of sp³-hybridized carbons (Fsp3) is 0.214. The van der Waals surface area contributed by atoms with Gasteiger partial charge in [-0.2, -0.15) is 0 Å². The van der Waals surface area contributed by atoms with Crippen molar-refractivity contribution in [1.29, 1.82) is 0 Å². The molecule has 0 unspecified atom stereocenters. The van der Waals surface area contributed by atoms with Crippen LogP contribution in [0.3, 0.4) is 0 Å². The van der Waals surface area contributed by atoms with Gasteiger partial charge in [0.05, 0.1) is 7.11 Å². The molecule has 0 aliphatic rings. The zero-order chi connectivity index (χ0) is 12.4. The highest BCUT2D eigenvalue weighted by molar-refractivity contribution is 5.99. The number of methoxy groups -OCH3 is 1. The van der Waals surface area contributed by atoms with Gasteiger partial charge in [0.1, 0.15) is 17.1 Å². The van der Waals surface area contributed by atoms with E-state index in [9.17, 15) is 4.79 Å². The number of ether oxygens (including phenoxy) is 1. The zero-order valence-corrected chi connectivity index (χ0v) is 10.1. The largest absolute Gasteiger partial charge is 0.465 e. The van der Waals surface area contributed by atoms with Crippen molar-refractivity contribution in [3.05, 3.63) is 47.4 Å². The van der Waals surface area contributed by atoms with E-state index in [1.807, 2.05) is 37.3 Å². The minimum atomic E-state index is -0.363. The Bertz CT molecular complexity index is 538. The highest BCUT2D eigenvalue weighted by Crippen LogP contribution is 2.32. The minimum absolute atomic E-state index is 0.363. The Hall–Kier alpha value is -2.03. The number of furan rings is 1. The molecule has 88 valence electrons. The topological polar surface area (TPSA) is 39.4 Å². The molecule has 0 saturated carbocycles. The number of carbonyl (C=O) groups excluding carboxylic acids is 1. The van der Waals surface area contributed by atoms with Gasteiger partial charge in [0.25, 0.3) is 0 Å². The van der Waals surface area contributed by atoms with Crippen LogP contribution in [0.25, 0.3) is 11.1 Å². The summed E-state index contributed by atoms with van der Waals surface area (Å²) in [6.07, 6.45) is 0. The Labute approximate surface area is 100 Å². The highest BCUT2D eigenvalue weighted by atomic mass is 16.5. The number of benzene rings is 1. The third kappa shape index (κ3) is 1.96. The van der Waals surface area contributed by atoms with E-state index in [4.69, 9.17) is 9.15 Å². The molecule has 0 saturated heterocycles. The summed E-state index contributed by atoms with van der Waals surface area (Å²) in [7, 11) is 1.37. The molecule has 17 heavy (non-hydrogen) atoms. The van der Waals surface area contributed by atoms with E-state index in [1.54, 1.807) is 6.92 Å². The number of rotatable bonds is 2. The van der Waals surface area contributed by atoms with E-state index in [0.717, 1.165) is 16.9 Å². The predicted molar refractivity (Wildman–Crippen MR) is 65.0 cm³/mol. The van der Waals surface area contributed by atoms with E-state index >= 15 is 0 Å². The molecule has 0 bridgehead atoms. The Morgan fingerprint density at radius 3 is 2.35 bits per heavy atom. The van der Waals surface area contributed by atoms with E-state index in [0.29, 0.717) is 11.3 Å². The Balaban J connectivity index is 2.65.